The van der Waals surface area contributed by atoms with E-state index in [1.807, 2.05) is 0 Å². The molecule has 2 rings (SSSR count). The maximum Gasteiger partial charge on any atom is 0.132 e. The van der Waals surface area contributed by atoms with Crippen LogP contribution in [0.1, 0.15) is 11.3 Å². The van der Waals surface area contributed by atoms with Crippen molar-refractivity contribution in [3.8, 4) is 0 Å². The van der Waals surface area contributed by atoms with Crippen LogP contribution in [0.25, 0.3) is 0 Å². The van der Waals surface area contributed by atoms with E-state index in [1.54, 1.807) is 6.21 Å². The molecule has 1 aliphatic rings. The van der Waals surface area contributed by atoms with Gasteiger partial charge in [-0.1, -0.05) is 0 Å². The lowest BCUT2D eigenvalue weighted by Gasteiger charge is -1.96. The van der Waals surface area contributed by atoms with Crippen molar-refractivity contribution in [3.05, 3.63) is 17.6 Å². The van der Waals surface area contributed by atoms with Gasteiger partial charge in [0, 0.05) is 11.8 Å². The Morgan fingerprint density at radius 2 is 2.30 bits per heavy atom. The fourth-order valence-electron chi connectivity index (χ4n) is 0.937. The zero-order valence-electron chi connectivity index (χ0n) is 5.28. The van der Waals surface area contributed by atoms with E-state index in [2.05, 4.69) is 15.0 Å². The van der Waals surface area contributed by atoms with Crippen molar-refractivity contribution in [2.45, 2.75) is 6.54 Å². The molecule has 50 valence electrons. The maximum atomic E-state index is 5.54. The zero-order valence-corrected chi connectivity index (χ0v) is 5.28. The van der Waals surface area contributed by atoms with Gasteiger partial charge in [-0.25, -0.2) is 9.97 Å². The molecule has 1 aromatic heterocycles. The number of hydrogen-bond acceptors (Lipinski definition) is 4. The summed E-state index contributed by atoms with van der Waals surface area (Å²) < 4.78 is 0. The lowest BCUT2D eigenvalue weighted by molar-refractivity contribution is 1.05. The molecule has 0 radical (unpaired) electrons. The third-order valence-corrected chi connectivity index (χ3v) is 1.47. The van der Waals surface area contributed by atoms with Crippen LogP contribution in [0.15, 0.2) is 11.3 Å². The average molecular weight is 134 g/mol. The Morgan fingerprint density at radius 3 is 3.10 bits per heavy atom. The van der Waals surface area contributed by atoms with Gasteiger partial charge >= 0.3 is 0 Å². The molecule has 0 amide bonds. The molecule has 2 N–H and O–H groups in total. The van der Waals surface area contributed by atoms with Gasteiger partial charge in [-0.2, -0.15) is 0 Å². The van der Waals surface area contributed by atoms with Crippen molar-refractivity contribution < 1.29 is 0 Å². The highest BCUT2D eigenvalue weighted by Crippen LogP contribution is 2.15. The molecule has 10 heavy (non-hydrogen) atoms. The number of nitrogen functional groups attached to an aromatic ring is 1. The van der Waals surface area contributed by atoms with Crippen LogP contribution in [0.3, 0.4) is 0 Å². The molecule has 0 spiro atoms. The minimum atomic E-state index is 0.544. The van der Waals surface area contributed by atoms with E-state index in [-0.39, 0.29) is 0 Å². The van der Waals surface area contributed by atoms with Crippen molar-refractivity contribution in [2.75, 3.05) is 5.73 Å². The largest absolute Gasteiger partial charge is 0.383 e. The summed E-state index contributed by atoms with van der Waals surface area (Å²) in [7, 11) is 0. The summed E-state index contributed by atoms with van der Waals surface area (Å²) in [5.74, 6) is 0.544. The first-order valence-corrected chi connectivity index (χ1v) is 2.97. The van der Waals surface area contributed by atoms with E-state index in [0.717, 1.165) is 11.3 Å². The van der Waals surface area contributed by atoms with E-state index in [0.29, 0.717) is 12.4 Å². The van der Waals surface area contributed by atoms with Gasteiger partial charge in [0.05, 0.1) is 12.2 Å². The van der Waals surface area contributed by atoms with E-state index in [9.17, 15) is 0 Å². The third-order valence-electron chi connectivity index (χ3n) is 1.47. The molecule has 2 heterocycles. The highest BCUT2D eigenvalue weighted by molar-refractivity contribution is 5.83. The van der Waals surface area contributed by atoms with Gasteiger partial charge in [0.1, 0.15) is 12.1 Å². The van der Waals surface area contributed by atoms with Gasteiger partial charge in [-0.3, -0.25) is 4.99 Å². The normalized spacial score (nSPS) is 13.6. The number of aromatic nitrogens is 2. The molecule has 4 heteroatoms. The van der Waals surface area contributed by atoms with Crippen LogP contribution in [-0.4, -0.2) is 16.2 Å². The Morgan fingerprint density at radius 1 is 1.40 bits per heavy atom. The van der Waals surface area contributed by atoms with Crippen LogP contribution in [0.4, 0.5) is 5.82 Å². The summed E-state index contributed by atoms with van der Waals surface area (Å²) in [6.45, 7) is 0.627. The highest BCUT2D eigenvalue weighted by atomic mass is 14.9. The minimum absolute atomic E-state index is 0.544. The molecular weight excluding hydrogens is 128 g/mol. The molecule has 0 fully saturated rings. The van der Waals surface area contributed by atoms with Crippen molar-refractivity contribution in [1.29, 1.82) is 0 Å². The van der Waals surface area contributed by atoms with Gasteiger partial charge in [-0.15, -0.1) is 0 Å². The summed E-state index contributed by atoms with van der Waals surface area (Å²) in [6, 6.07) is 0. The highest BCUT2D eigenvalue weighted by Gasteiger charge is 2.10. The number of nitrogens with two attached hydrogens (primary N) is 1. The van der Waals surface area contributed by atoms with Crippen molar-refractivity contribution in [1.82, 2.24) is 9.97 Å². The number of rotatable bonds is 0. The van der Waals surface area contributed by atoms with Crippen LogP contribution in [0, 0.1) is 0 Å². The zero-order chi connectivity index (χ0) is 6.97. The number of nitrogens with zero attached hydrogens (tertiary/aromatic N) is 3. The second kappa shape index (κ2) is 1.76. The third kappa shape index (κ3) is 0.586. The smallest absolute Gasteiger partial charge is 0.132 e. The van der Waals surface area contributed by atoms with E-state index in [1.165, 1.54) is 6.33 Å². The SMILES string of the molecule is Nc1ncnc2c1CN=C2. The molecule has 0 unspecified atom stereocenters. The molecule has 0 aliphatic carbocycles. The summed E-state index contributed by atoms with van der Waals surface area (Å²) in [5, 5.41) is 0. The van der Waals surface area contributed by atoms with Crippen molar-refractivity contribution in [2.24, 2.45) is 4.99 Å². The van der Waals surface area contributed by atoms with E-state index < -0.39 is 0 Å². The van der Waals surface area contributed by atoms with Gasteiger partial charge in [0.2, 0.25) is 0 Å². The van der Waals surface area contributed by atoms with Gasteiger partial charge in [-0.05, 0) is 0 Å². The fraction of sp³-hybridized carbons (Fsp3) is 0.167. The van der Waals surface area contributed by atoms with Gasteiger partial charge < -0.3 is 5.73 Å². The second-order valence-electron chi connectivity index (χ2n) is 2.09. The molecule has 0 saturated heterocycles. The Kier molecular flexibility index (Phi) is 0.943. The monoisotopic (exact) mass is 134 g/mol. The lowest BCUT2D eigenvalue weighted by Crippen LogP contribution is -1.99. The molecular formula is C6H6N4. The topological polar surface area (TPSA) is 64.2 Å². The van der Waals surface area contributed by atoms with Crippen LogP contribution in [0.2, 0.25) is 0 Å². The van der Waals surface area contributed by atoms with Crippen LogP contribution < -0.4 is 5.73 Å². The first kappa shape index (κ1) is 5.34. The van der Waals surface area contributed by atoms with Crippen LogP contribution in [-0.2, 0) is 6.54 Å². The molecule has 4 nitrogen and oxygen atoms in total. The Hall–Kier alpha value is -1.45. The molecule has 1 aromatic rings. The average Bonchev–Trinajstić information content (AvgIpc) is 2.36. The molecule has 0 bridgehead atoms. The second-order valence-corrected chi connectivity index (χ2v) is 2.09. The van der Waals surface area contributed by atoms with Crippen LogP contribution >= 0.6 is 0 Å². The maximum absolute atomic E-state index is 5.54. The number of hydrogen-bond donors (Lipinski definition) is 1. The first-order chi connectivity index (χ1) is 4.88. The van der Waals surface area contributed by atoms with E-state index in [4.69, 9.17) is 5.73 Å². The lowest BCUT2D eigenvalue weighted by atomic mass is 10.2. The summed E-state index contributed by atoms with van der Waals surface area (Å²) in [4.78, 5) is 11.8. The Labute approximate surface area is 57.8 Å². The molecule has 0 aromatic carbocycles. The first-order valence-electron chi connectivity index (χ1n) is 2.97. The summed E-state index contributed by atoms with van der Waals surface area (Å²) in [5.41, 5.74) is 7.34. The predicted octanol–water partition coefficient (Wildman–Crippen LogP) is -0.00870. The van der Waals surface area contributed by atoms with Gasteiger partial charge in [0.15, 0.2) is 0 Å². The quantitative estimate of drug-likeness (QED) is 0.542. The standard InChI is InChI=1S/C6H6N4/c7-6-4-1-8-2-5(4)9-3-10-6/h2-3H,1H2,(H2,7,9,10). The fourth-order valence-corrected chi connectivity index (χ4v) is 0.937. The Bertz CT molecular complexity index is 292. The van der Waals surface area contributed by atoms with Gasteiger partial charge in [0.25, 0.3) is 0 Å². The molecule has 0 saturated carbocycles. The van der Waals surface area contributed by atoms with Crippen molar-refractivity contribution in [3.63, 3.8) is 0 Å². The number of aliphatic imine (C=N–C) groups is 1. The van der Waals surface area contributed by atoms with Crippen molar-refractivity contribution >= 4 is 12.0 Å². The Balaban J connectivity index is 2.66. The summed E-state index contributed by atoms with van der Waals surface area (Å²) in [6.07, 6.45) is 3.17. The minimum Gasteiger partial charge on any atom is -0.383 e. The van der Waals surface area contributed by atoms with E-state index >= 15 is 0 Å². The molecule has 1 aliphatic heterocycles. The van der Waals surface area contributed by atoms with Crippen LogP contribution in [0.5, 0.6) is 0 Å². The summed E-state index contributed by atoms with van der Waals surface area (Å²) >= 11 is 0. The number of anilines is 1. The molecule has 0 atom stereocenters. The predicted molar refractivity (Wildman–Crippen MR) is 37.7 cm³/mol. The number of fused-ring (bicyclic) bond motifs is 1.